The molecule has 0 unspecified atom stereocenters. The predicted octanol–water partition coefficient (Wildman–Crippen LogP) is 3.36. The molecule has 7 heteroatoms. The van der Waals surface area contributed by atoms with Crippen molar-refractivity contribution in [2.75, 3.05) is 13.1 Å². The van der Waals surface area contributed by atoms with Gasteiger partial charge in [0.25, 0.3) is 5.91 Å². The van der Waals surface area contributed by atoms with Gasteiger partial charge in [0.15, 0.2) is 5.65 Å². The van der Waals surface area contributed by atoms with Crippen LogP contribution >= 0.6 is 0 Å². The van der Waals surface area contributed by atoms with E-state index in [4.69, 9.17) is 4.98 Å². The Kier molecular flexibility index (Phi) is 4.14. The minimum absolute atomic E-state index is 0.0663. The Bertz CT molecular complexity index is 985. The minimum atomic E-state index is -0.830. The molecule has 5 nitrogen and oxygen atoms in total. The number of pyridine rings is 1. The third-order valence-corrected chi connectivity index (χ3v) is 4.85. The molecule has 0 bridgehead atoms. The normalized spacial score (nSPS) is 17.2. The van der Waals surface area contributed by atoms with E-state index < -0.39 is 17.5 Å². The van der Waals surface area contributed by atoms with Gasteiger partial charge >= 0.3 is 0 Å². The highest BCUT2D eigenvalue weighted by Gasteiger charge is 2.32. The van der Waals surface area contributed by atoms with Crippen LogP contribution in [0.1, 0.15) is 35.4 Å². The third kappa shape index (κ3) is 2.73. The van der Waals surface area contributed by atoms with Crippen LogP contribution in [0.4, 0.5) is 8.78 Å². The fraction of sp³-hybridized carbons (Fsp3) is 0.316. The summed E-state index contributed by atoms with van der Waals surface area (Å²) in [5.41, 5.74) is 1.57. The Hall–Kier alpha value is -2.83. The lowest BCUT2D eigenvalue weighted by Gasteiger charge is -2.17. The number of halogens is 2. The van der Waals surface area contributed by atoms with Gasteiger partial charge in [-0.2, -0.15) is 0 Å². The van der Waals surface area contributed by atoms with E-state index in [0.717, 1.165) is 42.1 Å². The molecule has 3 heterocycles. The van der Waals surface area contributed by atoms with E-state index in [1.807, 2.05) is 19.1 Å². The molecule has 2 aromatic heterocycles. The second-order valence-corrected chi connectivity index (χ2v) is 6.42. The van der Waals surface area contributed by atoms with Gasteiger partial charge in [0.1, 0.15) is 23.0 Å². The Labute approximate surface area is 149 Å². The van der Waals surface area contributed by atoms with Crippen molar-refractivity contribution in [3.63, 3.8) is 0 Å². The lowest BCUT2D eigenvalue weighted by Crippen LogP contribution is -2.29. The third-order valence-electron chi connectivity index (χ3n) is 4.85. The summed E-state index contributed by atoms with van der Waals surface area (Å²) in [6.45, 7) is 3.74. The molecule has 4 rings (SSSR count). The van der Waals surface area contributed by atoms with Crippen LogP contribution in [0.25, 0.3) is 11.2 Å². The molecule has 1 aromatic carbocycles. The molecule has 1 atom stereocenters. The van der Waals surface area contributed by atoms with Crippen molar-refractivity contribution in [3.05, 3.63) is 59.6 Å². The maximum Gasteiger partial charge on any atom is 0.256 e. The molecule has 1 aliphatic heterocycles. The van der Waals surface area contributed by atoms with Crippen molar-refractivity contribution in [2.45, 2.75) is 25.8 Å². The SMILES string of the molecule is CCn1c([C@H]2CCN(C(=O)c3ccc(F)cc3F)C2)nc2cccnc21. The molecular weight excluding hydrogens is 338 g/mol. The Morgan fingerprint density at radius 1 is 1.31 bits per heavy atom. The van der Waals surface area contributed by atoms with Crippen molar-refractivity contribution < 1.29 is 13.6 Å². The summed E-state index contributed by atoms with van der Waals surface area (Å²) >= 11 is 0. The highest BCUT2D eigenvalue weighted by Crippen LogP contribution is 2.30. The average molecular weight is 356 g/mol. The van der Waals surface area contributed by atoms with Crippen molar-refractivity contribution in [1.82, 2.24) is 19.4 Å². The van der Waals surface area contributed by atoms with E-state index in [1.54, 1.807) is 11.1 Å². The number of nitrogens with zero attached hydrogens (tertiary/aromatic N) is 4. The molecule has 1 amide bonds. The fourth-order valence-corrected chi connectivity index (χ4v) is 3.59. The monoisotopic (exact) mass is 356 g/mol. The van der Waals surface area contributed by atoms with Gasteiger partial charge in [-0.1, -0.05) is 0 Å². The van der Waals surface area contributed by atoms with E-state index in [2.05, 4.69) is 9.55 Å². The van der Waals surface area contributed by atoms with E-state index >= 15 is 0 Å². The Morgan fingerprint density at radius 2 is 2.15 bits per heavy atom. The van der Waals surface area contributed by atoms with Crippen molar-refractivity contribution >= 4 is 17.1 Å². The van der Waals surface area contributed by atoms with Crippen molar-refractivity contribution in [1.29, 1.82) is 0 Å². The summed E-state index contributed by atoms with van der Waals surface area (Å²) < 4.78 is 29.1. The number of fused-ring (bicyclic) bond motifs is 1. The molecule has 3 aromatic rings. The summed E-state index contributed by atoms with van der Waals surface area (Å²) in [6, 6.07) is 6.81. The second kappa shape index (κ2) is 6.48. The summed E-state index contributed by atoms with van der Waals surface area (Å²) in [5.74, 6) is -0.971. The van der Waals surface area contributed by atoms with E-state index in [0.29, 0.717) is 13.1 Å². The number of imidazole rings is 1. The first-order valence-electron chi connectivity index (χ1n) is 8.64. The number of hydrogen-bond acceptors (Lipinski definition) is 3. The van der Waals surface area contributed by atoms with Crippen LogP contribution in [-0.4, -0.2) is 38.4 Å². The number of rotatable bonds is 3. The van der Waals surface area contributed by atoms with Gasteiger partial charge in [-0.15, -0.1) is 0 Å². The standard InChI is InChI=1S/C19H18F2N4O/c1-2-25-17(23-16-4-3-8-22-18(16)25)12-7-9-24(11-12)19(26)14-6-5-13(20)10-15(14)21/h3-6,8,10,12H,2,7,9,11H2,1H3/t12-/m0/s1. The fourth-order valence-electron chi connectivity index (χ4n) is 3.59. The van der Waals surface area contributed by atoms with Gasteiger partial charge in [0.2, 0.25) is 0 Å². The number of benzene rings is 1. The number of hydrogen-bond donors (Lipinski definition) is 0. The molecule has 0 N–H and O–H groups in total. The van der Waals surface area contributed by atoms with E-state index in [1.165, 1.54) is 6.07 Å². The summed E-state index contributed by atoms with van der Waals surface area (Å²) in [5, 5.41) is 0. The predicted molar refractivity (Wildman–Crippen MR) is 92.8 cm³/mol. The number of likely N-dealkylation sites (tertiary alicyclic amines) is 1. The number of carbonyl (C=O) groups excluding carboxylic acids is 1. The quantitative estimate of drug-likeness (QED) is 0.723. The van der Waals surface area contributed by atoms with Crippen LogP contribution in [-0.2, 0) is 6.54 Å². The molecule has 26 heavy (non-hydrogen) atoms. The minimum Gasteiger partial charge on any atom is -0.338 e. The highest BCUT2D eigenvalue weighted by molar-refractivity contribution is 5.94. The molecule has 1 saturated heterocycles. The van der Waals surface area contributed by atoms with Crippen LogP contribution in [0.2, 0.25) is 0 Å². The summed E-state index contributed by atoms with van der Waals surface area (Å²) in [6.07, 6.45) is 2.49. The topological polar surface area (TPSA) is 51.0 Å². The first-order chi connectivity index (χ1) is 12.6. The molecule has 0 radical (unpaired) electrons. The molecule has 0 saturated carbocycles. The largest absolute Gasteiger partial charge is 0.338 e. The molecular formula is C19H18F2N4O. The maximum atomic E-state index is 13.9. The number of carbonyl (C=O) groups is 1. The van der Waals surface area contributed by atoms with Crippen LogP contribution in [0.15, 0.2) is 36.5 Å². The number of amides is 1. The molecule has 0 aliphatic carbocycles. The van der Waals surface area contributed by atoms with Gasteiger partial charge in [0.05, 0.1) is 5.56 Å². The van der Waals surface area contributed by atoms with Crippen molar-refractivity contribution in [3.8, 4) is 0 Å². The van der Waals surface area contributed by atoms with Gasteiger partial charge in [-0.25, -0.2) is 18.7 Å². The van der Waals surface area contributed by atoms with Crippen LogP contribution in [0.3, 0.4) is 0 Å². The molecule has 1 fully saturated rings. The average Bonchev–Trinajstić information content (AvgIpc) is 3.25. The second-order valence-electron chi connectivity index (χ2n) is 6.42. The lowest BCUT2D eigenvalue weighted by molar-refractivity contribution is 0.0785. The first kappa shape index (κ1) is 16.6. The summed E-state index contributed by atoms with van der Waals surface area (Å²) in [4.78, 5) is 23.3. The van der Waals surface area contributed by atoms with Gasteiger partial charge < -0.3 is 9.47 Å². The Morgan fingerprint density at radius 3 is 2.92 bits per heavy atom. The van der Waals surface area contributed by atoms with Crippen molar-refractivity contribution in [2.24, 2.45) is 0 Å². The number of aryl methyl sites for hydroxylation is 1. The van der Waals surface area contributed by atoms with Crippen LogP contribution in [0.5, 0.6) is 0 Å². The lowest BCUT2D eigenvalue weighted by atomic mass is 10.1. The van der Waals surface area contributed by atoms with E-state index in [9.17, 15) is 13.6 Å². The maximum absolute atomic E-state index is 13.9. The first-order valence-corrected chi connectivity index (χ1v) is 8.64. The molecule has 134 valence electrons. The van der Waals surface area contributed by atoms with Crippen LogP contribution in [0, 0.1) is 11.6 Å². The number of aromatic nitrogens is 3. The zero-order chi connectivity index (χ0) is 18.3. The smallest absolute Gasteiger partial charge is 0.256 e. The molecule has 1 aliphatic rings. The Balaban J connectivity index is 1.60. The van der Waals surface area contributed by atoms with Crippen LogP contribution < -0.4 is 0 Å². The molecule has 0 spiro atoms. The zero-order valence-electron chi connectivity index (χ0n) is 14.3. The zero-order valence-corrected chi connectivity index (χ0v) is 14.3. The summed E-state index contributed by atoms with van der Waals surface area (Å²) in [7, 11) is 0. The highest BCUT2D eigenvalue weighted by atomic mass is 19.1. The van der Waals surface area contributed by atoms with E-state index in [-0.39, 0.29) is 11.5 Å². The van der Waals surface area contributed by atoms with Gasteiger partial charge in [-0.05, 0) is 37.6 Å². The van der Waals surface area contributed by atoms with Gasteiger partial charge in [0, 0.05) is 37.8 Å². The van der Waals surface area contributed by atoms with Gasteiger partial charge in [-0.3, -0.25) is 4.79 Å².